The first-order valence-corrected chi connectivity index (χ1v) is 18.9. The van der Waals surface area contributed by atoms with Crippen molar-refractivity contribution >= 4 is 5.97 Å². The van der Waals surface area contributed by atoms with Gasteiger partial charge in [-0.15, -0.1) is 0 Å². The molecule has 0 aromatic carbocycles. The highest BCUT2D eigenvalue weighted by Crippen LogP contribution is 2.22. The monoisotopic (exact) mass is 565 g/mol. The summed E-state index contributed by atoms with van der Waals surface area (Å²) in [5, 5.41) is 0. The average molecular weight is 565 g/mol. The van der Waals surface area contributed by atoms with Gasteiger partial charge in [-0.1, -0.05) is 194 Å². The van der Waals surface area contributed by atoms with Crippen LogP contribution in [0.25, 0.3) is 0 Å². The molecule has 0 aliphatic heterocycles. The lowest BCUT2D eigenvalue weighted by atomic mass is 9.94. The predicted octanol–water partition coefficient (Wildman–Crippen LogP) is 13.7. The second-order valence-electron chi connectivity index (χ2n) is 13.1. The van der Waals surface area contributed by atoms with E-state index in [0.717, 1.165) is 19.3 Å². The minimum atomic E-state index is 0.0796. The van der Waals surface area contributed by atoms with E-state index in [1.165, 1.54) is 180 Å². The molecule has 0 aromatic heterocycles. The molecule has 0 fully saturated rings. The summed E-state index contributed by atoms with van der Waals surface area (Å²) in [6.07, 6.45) is 41.0. The second kappa shape index (κ2) is 33.0. The van der Waals surface area contributed by atoms with Crippen LogP contribution in [0, 0.1) is 5.92 Å². The summed E-state index contributed by atoms with van der Waals surface area (Å²) in [6.45, 7) is 8.97. The Kier molecular flexibility index (Phi) is 32.5. The Labute approximate surface area is 254 Å². The van der Waals surface area contributed by atoms with Crippen molar-refractivity contribution in [2.24, 2.45) is 5.92 Å². The number of esters is 1. The molecule has 0 aliphatic rings. The van der Waals surface area contributed by atoms with Gasteiger partial charge in [0.2, 0.25) is 0 Å². The fourth-order valence-corrected chi connectivity index (χ4v) is 6.06. The maximum absolute atomic E-state index is 13.1. The van der Waals surface area contributed by atoms with E-state index in [9.17, 15) is 4.79 Å². The van der Waals surface area contributed by atoms with E-state index in [2.05, 4.69) is 27.7 Å². The molecule has 0 spiro atoms. The molecule has 0 saturated heterocycles. The summed E-state index contributed by atoms with van der Waals surface area (Å²) in [6, 6.07) is 0. The smallest absolute Gasteiger partial charge is 0.309 e. The van der Waals surface area contributed by atoms with Crippen molar-refractivity contribution in [3.05, 3.63) is 0 Å². The summed E-state index contributed by atoms with van der Waals surface area (Å²) >= 11 is 0. The minimum absolute atomic E-state index is 0.0796. The van der Waals surface area contributed by atoms with Crippen LogP contribution in [0.2, 0.25) is 0 Å². The lowest BCUT2D eigenvalue weighted by molar-refractivity contribution is -0.154. The van der Waals surface area contributed by atoms with E-state index in [1.807, 2.05) is 0 Å². The number of hydrogen-bond acceptors (Lipinski definition) is 2. The van der Waals surface area contributed by atoms with Gasteiger partial charge in [-0.3, -0.25) is 4.79 Å². The SMILES string of the molecule is CCCCCCCCCCCCCCCCC(CCCCCCCC)C(=O)OC(C)CCCCCCCCCC. The molecule has 0 saturated carbocycles. The molecule has 0 N–H and O–H groups in total. The fourth-order valence-electron chi connectivity index (χ4n) is 6.06. The number of ether oxygens (including phenoxy) is 1. The zero-order valence-corrected chi connectivity index (χ0v) is 28.4. The normalized spacial score (nSPS) is 13.0. The summed E-state index contributed by atoms with van der Waals surface area (Å²) in [5.41, 5.74) is 0. The molecular formula is C38H76O2. The average Bonchev–Trinajstić information content (AvgIpc) is 2.95. The quantitative estimate of drug-likeness (QED) is 0.0585. The van der Waals surface area contributed by atoms with Crippen molar-refractivity contribution in [2.45, 2.75) is 233 Å². The van der Waals surface area contributed by atoms with Crippen LogP contribution >= 0.6 is 0 Å². The zero-order valence-electron chi connectivity index (χ0n) is 28.4. The van der Waals surface area contributed by atoms with Crippen LogP contribution in [0.4, 0.5) is 0 Å². The van der Waals surface area contributed by atoms with Gasteiger partial charge in [-0.05, 0) is 32.6 Å². The first-order chi connectivity index (χ1) is 19.7. The van der Waals surface area contributed by atoms with Gasteiger partial charge in [0, 0.05) is 0 Å². The number of hydrogen-bond donors (Lipinski definition) is 0. The van der Waals surface area contributed by atoms with Crippen LogP contribution in [-0.4, -0.2) is 12.1 Å². The van der Waals surface area contributed by atoms with Crippen molar-refractivity contribution in [3.63, 3.8) is 0 Å². The van der Waals surface area contributed by atoms with E-state index < -0.39 is 0 Å². The molecule has 0 aliphatic carbocycles. The molecule has 0 heterocycles. The Balaban J connectivity index is 4.06. The van der Waals surface area contributed by atoms with Crippen molar-refractivity contribution in [1.29, 1.82) is 0 Å². The minimum Gasteiger partial charge on any atom is -0.462 e. The predicted molar refractivity (Wildman–Crippen MR) is 179 cm³/mol. The number of carbonyl (C=O) groups excluding carboxylic acids is 1. The molecule has 0 rings (SSSR count). The Hall–Kier alpha value is -0.530. The largest absolute Gasteiger partial charge is 0.462 e. The first-order valence-electron chi connectivity index (χ1n) is 18.9. The molecule has 2 heteroatoms. The van der Waals surface area contributed by atoms with Crippen LogP contribution in [0.5, 0.6) is 0 Å². The van der Waals surface area contributed by atoms with Crippen LogP contribution < -0.4 is 0 Å². The third kappa shape index (κ3) is 29.0. The van der Waals surface area contributed by atoms with Gasteiger partial charge in [0.05, 0.1) is 12.0 Å². The van der Waals surface area contributed by atoms with Gasteiger partial charge in [0.15, 0.2) is 0 Å². The highest BCUT2D eigenvalue weighted by Gasteiger charge is 2.21. The molecule has 0 bridgehead atoms. The second-order valence-corrected chi connectivity index (χ2v) is 13.1. The Morgan fingerprint density at radius 3 is 0.950 bits per heavy atom. The van der Waals surface area contributed by atoms with Crippen LogP contribution in [0.15, 0.2) is 0 Å². The van der Waals surface area contributed by atoms with E-state index in [4.69, 9.17) is 4.74 Å². The van der Waals surface area contributed by atoms with Crippen molar-refractivity contribution in [1.82, 2.24) is 0 Å². The van der Waals surface area contributed by atoms with Crippen molar-refractivity contribution in [2.75, 3.05) is 0 Å². The van der Waals surface area contributed by atoms with E-state index in [0.29, 0.717) is 0 Å². The molecule has 2 nitrogen and oxygen atoms in total. The van der Waals surface area contributed by atoms with Gasteiger partial charge in [0.25, 0.3) is 0 Å². The van der Waals surface area contributed by atoms with Crippen LogP contribution in [0.1, 0.15) is 227 Å². The number of rotatable bonds is 33. The molecule has 40 heavy (non-hydrogen) atoms. The molecule has 0 radical (unpaired) electrons. The summed E-state index contributed by atoms with van der Waals surface area (Å²) in [7, 11) is 0. The molecule has 0 aromatic rings. The molecule has 0 amide bonds. The van der Waals surface area contributed by atoms with Gasteiger partial charge in [-0.25, -0.2) is 0 Å². The van der Waals surface area contributed by atoms with E-state index in [1.54, 1.807) is 0 Å². The topological polar surface area (TPSA) is 26.3 Å². The van der Waals surface area contributed by atoms with Gasteiger partial charge in [0.1, 0.15) is 0 Å². The number of unbranched alkanes of at least 4 members (excludes halogenated alkanes) is 25. The van der Waals surface area contributed by atoms with Crippen molar-refractivity contribution < 1.29 is 9.53 Å². The van der Waals surface area contributed by atoms with E-state index >= 15 is 0 Å². The van der Waals surface area contributed by atoms with Crippen LogP contribution in [0.3, 0.4) is 0 Å². The van der Waals surface area contributed by atoms with Gasteiger partial charge in [-0.2, -0.15) is 0 Å². The van der Waals surface area contributed by atoms with Crippen LogP contribution in [-0.2, 0) is 9.53 Å². The lowest BCUT2D eigenvalue weighted by Gasteiger charge is -2.20. The fraction of sp³-hybridized carbons (Fsp3) is 0.974. The highest BCUT2D eigenvalue weighted by atomic mass is 16.5. The Morgan fingerprint density at radius 2 is 0.650 bits per heavy atom. The zero-order chi connectivity index (χ0) is 29.4. The first kappa shape index (κ1) is 39.5. The van der Waals surface area contributed by atoms with Gasteiger partial charge >= 0.3 is 5.97 Å². The molecule has 2 unspecified atom stereocenters. The number of carbonyl (C=O) groups is 1. The summed E-state index contributed by atoms with van der Waals surface area (Å²) in [4.78, 5) is 13.1. The van der Waals surface area contributed by atoms with E-state index in [-0.39, 0.29) is 18.0 Å². The Bertz CT molecular complexity index is 488. The summed E-state index contributed by atoms with van der Waals surface area (Å²) < 4.78 is 6.00. The third-order valence-corrected chi connectivity index (χ3v) is 8.93. The van der Waals surface area contributed by atoms with Gasteiger partial charge < -0.3 is 4.74 Å². The Morgan fingerprint density at radius 1 is 0.400 bits per heavy atom. The standard InChI is InChI=1S/C38H76O2/c1-5-8-11-14-17-19-20-21-22-23-24-26-29-32-35-37(34-31-28-16-13-10-7-3)38(39)40-36(4)33-30-27-25-18-15-12-9-6-2/h36-37H,5-35H2,1-4H3. The van der Waals surface area contributed by atoms with Crippen molar-refractivity contribution in [3.8, 4) is 0 Å². The summed E-state index contributed by atoms with van der Waals surface area (Å²) in [5.74, 6) is 0.236. The highest BCUT2D eigenvalue weighted by molar-refractivity contribution is 5.72. The molecule has 240 valence electrons. The molecule has 2 atom stereocenters. The maximum Gasteiger partial charge on any atom is 0.309 e. The third-order valence-electron chi connectivity index (χ3n) is 8.93. The maximum atomic E-state index is 13.1. The molecular weight excluding hydrogens is 488 g/mol. The lowest BCUT2D eigenvalue weighted by Crippen LogP contribution is -2.23.